The summed E-state index contributed by atoms with van der Waals surface area (Å²) in [7, 11) is 0. The van der Waals surface area contributed by atoms with E-state index in [4.69, 9.17) is 14.2 Å². The highest BCUT2D eigenvalue weighted by atomic mass is 19.4. The molecule has 0 spiro atoms. The quantitative estimate of drug-likeness (QED) is 0.364. The summed E-state index contributed by atoms with van der Waals surface area (Å²) in [6, 6.07) is 12.5. The van der Waals surface area contributed by atoms with Crippen molar-refractivity contribution in [1.29, 1.82) is 0 Å². The van der Waals surface area contributed by atoms with Crippen molar-refractivity contribution in [2.45, 2.75) is 102 Å². The maximum absolute atomic E-state index is 13.1. The van der Waals surface area contributed by atoms with Crippen LogP contribution in [0, 0.1) is 5.92 Å². The summed E-state index contributed by atoms with van der Waals surface area (Å²) >= 11 is 0. The predicted octanol–water partition coefficient (Wildman–Crippen LogP) is 5.27. The lowest BCUT2D eigenvalue weighted by molar-refractivity contribution is -0.276. The van der Waals surface area contributed by atoms with E-state index in [-0.39, 0.29) is 44.0 Å². The molecule has 2 aromatic rings. The smallest absolute Gasteiger partial charge is 0.459 e. The van der Waals surface area contributed by atoms with Gasteiger partial charge in [-0.25, -0.2) is 0 Å². The van der Waals surface area contributed by atoms with Gasteiger partial charge in [0.15, 0.2) is 6.29 Å². The molecule has 3 heterocycles. The number of rotatable bonds is 8. The first kappa shape index (κ1) is 35.8. The fraction of sp³-hybridized carbons (Fsp3) is 0.571. The Morgan fingerprint density at radius 3 is 2.31 bits per heavy atom. The average Bonchev–Trinajstić information content (AvgIpc) is 3.71. The Labute approximate surface area is 278 Å². The molecule has 6 atom stereocenters. The highest BCUT2D eigenvalue weighted by molar-refractivity contribution is 5.98. The Morgan fingerprint density at radius 1 is 0.958 bits per heavy atom. The molecule has 0 bridgehead atoms. The van der Waals surface area contributed by atoms with E-state index in [0.29, 0.717) is 35.7 Å². The molecule has 2 aromatic carbocycles. The molecule has 0 radical (unpaired) electrons. The molecule has 5 rings (SSSR count). The first-order chi connectivity index (χ1) is 22.6. The average molecular weight is 676 g/mol. The van der Waals surface area contributed by atoms with Crippen molar-refractivity contribution in [3.05, 3.63) is 65.2 Å². The number of esters is 1. The van der Waals surface area contributed by atoms with E-state index in [1.807, 2.05) is 52.0 Å². The number of likely N-dealkylation sites (tertiary alicyclic amines) is 2. The predicted molar refractivity (Wildman–Crippen MR) is 169 cm³/mol. The van der Waals surface area contributed by atoms with Crippen molar-refractivity contribution >= 4 is 23.5 Å². The van der Waals surface area contributed by atoms with Crippen LogP contribution in [0.4, 0.5) is 18.9 Å². The van der Waals surface area contributed by atoms with Crippen LogP contribution in [0.25, 0.3) is 0 Å². The molecular formula is C35H44F3N3O7. The Hall–Kier alpha value is -3.52. The zero-order valence-electron chi connectivity index (χ0n) is 27.7. The molecule has 2 amide bonds. The van der Waals surface area contributed by atoms with Gasteiger partial charge in [-0.2, -0.15) is 13.2 Å². The van der Waals surface area contributed by atoms with E-state index in [1.54, 1.807) is 24.3 Å². The summed E-state index contributed by atoms with van der Waals surface area (Å²) in [6.45, 7) is 8.45. The highest BCUT2D eigenvalue weighted by Crippen LogP contribution is 2.43. The maximum Gasteiger partial charge on any atom is 0.471 e. The number of aliphatic hydroxyl groups excluding tert-OH is 1. The number of carbonyl (C=O) groups excluding carboxylic acids is 3. The van der Waals surface area contributed by atoms with Gasteiger partial charge in [0.05, 0.1) is 18.8 Å². The SMILES string of the molecule is C[C@@H]1[C@H](CN2CCC[C@H]2C(=O)OC(C)(C)C)O[C@H](c2cccc(NC(=O)[C@@H]3CCCN3C(=O)C(F)(F)F)c2)O[C@@H]1c1ccc(CO)cc1. The summed E-state index contributed by atoms with van der Waals surface area (Å²) < 4.78 is 58.2. The van der Waals surface area contributed by atoms with Crippen molar-refractivity contribution in [2.24, 2.45) is 5.92 Å². The van der Waals surface area contributed by atoms with Crippen LogP contribution in [-0.4, -0.2) is 82.3 Å². The molecule has 0 aliphatic carbocycles. The number of anilines is 1. The Balaban J connectivity index is 1.37. The van der Waals surface area contributed by atoms with Crippen LogP contribution in [-0.2, 0) is 35.2 Å². The Kier molecular flexibility index (Phi) is 10.8. The van der Waals surface area contributed by atoms with Crippen molar-refractivity contribution in [3.63, 3.8) is 0 Å². The number of benzene rings is 2. The molecule has 3 aliphatic heterocycles. The fourth-order valence-corrected chi connectivity index (χ4v) is 6.67. The van der Waals surface area contributed by atoms with E-state index in [0.717, 1.165) is 17.5 Å². The molecule has 0 unspecified atom stereocenters. The van der Waals surface area contributed by atoms with Gasteiger partial charge in [-0.1, -0.05) is 43.3 Å². The van der Waals surface area contributed by atoms with Crippen molar-refractivity contribution in [3.8, 4) is 0 Å². The lowest BCUT2D eigenvalue weighted by Gasteiger charge is -2.43. The number of nitrogens with zero attached hydrogens (tertiary/aromatic N) is 2. The van der Waals surface area contributed by atoms with Crippen LogP contribution >= 0.6 is 0 Å². The van der Waals surface area contributed by atoms with Crippen molar-refractivity contribution < 1.29 is 46.9 Å². The molecular weight excluding hydrogens is 631 g/mol. The third-order valence-corrected chi connectivity index (χ3v) is 9.07. The normalized spacial score (nSPS) is 26.8. The molecule has 3 aliphatic rings. The highest BCUT2D eigenvalue weighted by Gasteiger charge is 2.48. The molecule has 262 valence electrons. The van der Waals surface area contributed by atoms with Crippen LogP contribution in [0.15, 0.2) is 48.5 Å². The molecule has 13 heteroatoms. The number of nitrogens with one attached hydrogen (secondary N) is 1. The second-order valence-electron chi connectivity index (χ2n) is 13.8. The zero-order valence-corrected chi connectivity index (χ0v) is 27.7. The summed E-state index contributed by atoms with van der Waals surface area (Å²) in [5.41, 5.74) is 1.91. The second-order valence-corrected chi connectivity index (χ2v) is 13.8. The Bertz CT molecular complexity index is 1460. The lowest BCUT2D eigenvalue weighted by Crippen LogP contribution is -2.48. The standard InChI is InChI=1S/C35H44F3N3O7/c1-21-28(19-40-16-6-11-27(40)31(44)48-34(2,3)4)46-32(47-29(21)23-14-12-22(20-42)13-15-23)24-8-5-9-25(18-24)39-30(43)26-10-7-17-41(26)33(45)35(36,37)38/h5,8-9,12-15,18,21,26-29,32,42H,6-7,10-11,16-17,19-20H2,1-4H3,(H,39,43)/t21-,26+,27+,28+,29+,32+/m1/s1. The number of carbonyl (C=O) groups is 3. The minimum absolute atomic E-state index is 0.0990. The van der Waals surface area contributed by atoms with Crippen LogP contribution < -0.4 is 5.32 Å². The maximum atomic E-state index is 13.1. The van der Waals surface area contributed by atoms with Crippen LogP contribution in [0.3, 0.4) is 0 Å². The van der Waals surface area contributed by atoms with Crippen molar-refractivity contribution in [2.75, 3.05) is 25.0 Å². The van der Waals surface area contributed by atoms with E-state index in [2.05, 4.69) is 10.2 Å². The minimum Gasteiger partial charge on any atom is -0.459 e. The van der Waals surface area contributed by atoms with E-state index < -0.39 is 48.1 Å². The summed E-state index contributed by atoms with van der Waals surface area (Å²) in [4.78, 5) is 40.8. The number of hydrogen-bond donors (Lipinski definition) is 2. The van der Waals surface area contributed by atoms with Crippen LogP contribution in [0.5, 0.6) is 0 Å². The van der Waals surface area contributed by atoms with E-state index in [9.17, 15) is 32.7 Å². The minimum atomic E-state index is -5.07. The van der Waals surface area contributed by atoms with E-state index in [1.165, 1.54) is 0 Å². The van der Waals surface area contributed by atoms with Gasteiger partial charge >= 0.3 is 18.1 Å². The monoisotopic (exact) mass is 675 g/mol. The summed E-state index contributed by atoms with van der Waals surface area (Å²) in [5, 5.41) is 12.2. The van der Waals surface area contributed by atoms with Gasteiger partial charge in [-0.3, -0.25) is 19.3 Å². The number of alkyl halides is 3. The number of halogens is 3. The van der Waals surface area contributed by atoms with Crippen molar-refractivity contribution in [1.82, 2.24) is 9.80 Å². The summed E-state index contributed by atoms with van der Waals surface area (Å²) in [6.07, 6.45) is -4.83. The summed E-state index contributed by atoms with van der Waals surface area (Å²) in [5.74, 6) is -3.15. The van der Waals surface area contributed by atoms with Crippen LogP contribution in [0.1, 0.15) is 82.5 Å². The van der Waals surface area contributed by atoms with Gasteiger partial charge in [-0.15, -0.1) is 0 Å². The van der Waals surface area contributed by atoms with Gasteiger partial charge in [-0.05, 0) is 76.3 Å². The topological polar surface area (TPSA) is 118 Å². The Morgan fingerprint density at radius 2 is 1.65 bits per heavy atom. The molecule has 3 saturated heterocycles. The molecule has 0 aromatic heterocycles. The molecule has 2 N–H and O–H groups in total. The number of ether oxygens (including phenoxy) is 3. The van der Waals surface area contributed by atoms with Gasteiger partial charge in [0.2, 0.25) is 5.91 Å². The number of hydrogen-bond acceptors (Lipinski definition) is 8. The van der Waals surface area contributed by atoms with Crippen LogP contribution in [0.2, 0.25) is 0 Å². The number of aliphatic hydroxyl groups is 1. The molecule has 10 nitrogen and oxygen atoms in total. The first-order valence-electron chi connectivity index (χ1n) is 16.4. The third kappa shape index (κ3) is 8.36. The molecule has 48 heavy (non-hydrogen) atoms. The first-order valence-corrected chi connectivity index (χ1v) is 16.4. The molecule has 3 fully saturated rings. The largest absolute Gasteiger partial charge is 0.471 e. The third-order valence-electron chi connectivity index (χ3n) is 9.07. The lowest BCUT2D eigenvalue weighted by atomic mass is 9.90. The zero-order chi connectivity index (χ0) is 34.8. The van der Waals surface area contributed by atoms with Gasteiger partial charge < -0.3 is 29.5 Å². The second kappa shape index (κ2) is 14.5. The number of amides is 2. The van der Waals surface area contributed by atoms with Gasteiger partial charge in [0.1, 0.15) is 17.7 Å². The van der Waals surface area contributed by atoms with E-state index >= 15 is 0 Å². The fourth-order valence-electron chi connectivity index (χ4n) is 6.67. The van der Waals surface area contributed by atoms with Gasteiger partial charge in [0, 0.05) is 30.3 Å². The van der Waals surface area contributed by atoms with Gasteiger partial charge in [0.25, 0.3) is 0 Å². The molecule has 0 saturated carbocycles.